The van der Waals surface area contributed by atoms with Gasteiger partial charge in [-0.3, -0.25) is 10.1 Å². The maximum absolute atomic E-state index is 11.2. The lowest BCUT2D eigenvalue weighted by molar-refractivity contribution is -0.385. The van der Waals surface area contributed by atoms with E-state index in [1.54, 1.807) is 6.07 Å². The van der Waals surface area contributed by atoms with Crippen molar-refractivity contribution in [3.63, 3.8) is 0 Å². The molecule has 1 aromatic rings. The summed E-state index contributed by atoms with van der Waals surface area (Å²) in [6.07, 6.45) is 1.49. The first-order valence-electron chi connectivity index (χ1n) is 5.27. The average Bonchev–Trinajstić information content (AvgIpc) is 2.68. The number of benzene rings is 1. The number of nitrogens with one attached hydrogen (secondary N) is 1. The van der Waals surface area contributed by atoms with Crippen LogP contribution < -0.4 is 5.32 Å². The molecule has 0 amide bonds. The fourth-order valence-electron chi connectivity index (χ4n) is 1.75. The number of nitrogens with zero attached hydrogens (tertiary/aromatic N) is 2. The number of rotatable bonds is 3. The molecule has 0 radical (unpaired) electrons. The first kappa shape index (κ1) is 13.0. The highest BCUT2D eigenvalue weighted by atomic mass is 32.2. The SMILES string of the molecule is N#Cc1ccc(NC2C=CS(=O)(=O)C2)cc1[N+](=O)[O-]. The monoisotopic (exact) mass is 279 g/mol. The number of nitro benzene ring substituents is 1. The lowest BCUT2D eigenvalue weighted by Gasteiger charge is -2.11. The molecule has 1 aliphatic rings. The molecule has 8 heteroatoms. The zero-order valence-corrected chi connectivity index (χ0v) is 10.4. The van der Waals surface area contributed by atoms with E-state index in [1.165, 1.54) is 24.3 Å². The summed E-state index contributed by atoms with van der Waals surface area (Å²) < 4.78 is 22.5. The molecule has 1 aromatic carbocycles. The molecule has 7 nitrogen and oxygen atoms in total. The normalized spacial score (nSPS) is 19.8. The summed E-state index contributed by atoms with van der Waals surface area (Å²) >= 11 is 0. The second-order valence-electron chi connectivity index (χ2n) is 4.01. The topological polar surface area (TPSA) is 113 Å². The highest BCUT2D eigenvalue weighted by molar-refractivity contribution is 7.94. The zero-order valence-electron chi connectivity index (χ0n) is 9.61. The summed E-state index contributed by atoms with van der Waals surface area (Å²) in [6.45, 7) is 0. The number of anilines is 1. The van der Waals surface area contributed by atoms with Gasteiger partial charge in [-0.25, -0.2) is 8.42 Å². The van der Waals surface area contributed by atoms with Crippen LogP contribution in [-0.4, -0.2) is 25.1 Å². The van der Waals surface area contributed by atoms with E-state index in [0.29, 0.717) is 5.69 Å². The van der Waals surface area contributed by atoms with E-state index in [4.69, 9.17) is 5.26 Å². The van der Waals surface area contributed by atoms with Crippen molar-refractivity contribution in [1.29, 1.82) is 5.26 Å². The van der Waals surface area contributed by atoms with Gasteiger partial charge in [0.15, 0.2) is 9.84 Å². The Hall–Kier alpha value is -2.40. The number of hydrogen-bond acceptors (Lipinski definition) is 6. The van der Waals surface area contributed by atoms with Crippen molar-refractivity contribution in [1.82, 2.24) is 0 Å². The minimum atomic E-state index is -3.18. The van der Waals surface area contributed by atoms with Crippen molar-refractivity contribution in [2.45, 2.75) is 6.04 Å². The predicted molar refractivity (Wildman–Crippen MR) is 68.1 cm³/mol. The first-order valence-corrected chi connectivity index (χ1v) is 6.99. The molecule has 1 unspecified atom stereocenters. The largest absolute Gasteiger partial charge is 0.378 e. The number of sulfone groups is 1. The van der Waals surface area contributed by atoms with Crippen LogP contribution in [0.25, 0.3) is 0 Å². The molecule has 0 saturated heterocycles. The summed E-state index contributed by atoms with van der Waals surface area (Å²) in [4.78, 5) is 10.1. The van der Waals surface area contributed by atoms with Gasteiger partial charge in [-0.15, -0.1) is 0 Å². The summed E-state index contributed by atoms with van der Waals surface area (Å²) in [7, 11) is -3.18. The number of nitro groups is 1. The Balaban J connectivity index is 2.24. The molecule has 0 aromatic heterocycles. The van der Waals surface area contributed by atoms with Crippen LogP contribution in [0, 0.1) is 21.4 Å². The minimum Gasteiger partial charge on any atom is -0.378 e. The van der Waals surface area contributed by atoms with Gasteiger partial charge in [0.05, 0.1) is 16.7 Å². The van der Waals surface area contributed by atoms with Gasteiger partial charge in [0.2, 0.25) is 0 Å². The Kier molecular flexibility index (Phi) is 3.23. The average molecular weight is 279 g/mol. The van der Waals surface area contributed by atoms with Crippen LogP contribution in [0.4, 0.5) is 11.4 Å². The van der Waals surface area contributed by atoms with E-state index >= 15 is 0 Å². The Labute approximate surface area is 109 Å². The Bertz CT molecular complexity index is 703. The molecule has 0 aliphatic carbocycles. The van der Waals surface area contributed by atoms with Crippen molar-refractivity contribution in [3.8, 4) is 6.07 Å². The van der Waals surface area contributed by atoms with Crippen molar-refractivity contribution in [2.24, 2.45) is 0 Å². The molecule has 1 atom stereocenters. The van der Waals surface area contributed by atoms with Crippen molar-refractivity contribution >= 4 is 21.2 Å². The maximum Gasteiger partial charge on any atom is 0.289 e. The van der Waals surface area contributed by atoms with E-state index in [0.717, 1.165) is 5.41 Å². The molecule has 1 N–H and O–H groups in total. The summed E-state index contributed by atoms with van der Waals surface area (Å²) in [6, 6.07) is 5.36. The van der Waals surface area contributed by atoms with Gasteiger partial charge in [0, 0.05) is 17.2 Å². The molecule has 2 rings (SSSR count). The third kappa shape index (κ3) is 2.89. The maximum atomic E-state index is 11.2. The lowest BCUT2D eigenvalue weighted by Crippen LogP contribution is -2.20. The zero-order chi connectivity index (χ0) is 14.0. The van der Waals surface area contributed by atoms with Crippen LogP contribution in [0.15, 0.2) is 29.7 Å². The van der Waals surface area contributed by atoms with Gasteiger partial charge in [0.25, 0.3) is 5.69 Å². The van der Waals surface area contributed by atoms with Crippen LogP contribution in [0.2, 0.25) is 0 Å². The number of nitriles is 1. The van der Waals surface area contributed by atoms with Crippen LogP contribution >= 0.6 is 0 Å². The van der Waals surface area contributed by atoms with Gasteiger partial charge in [-0.2, -0.15) is 5.26 Å². The molecule has 1 aliphatic heterocycles. The van der Waals surface area contributed by atoms with E-state index in [-0.39, 0.29) is 17.0 Å². The van der Waals surface area contributed by atoms with Crippen LogP contribution in [-0.2, 0) is 9.84 Å². The van der Waals surface area contributed by atoms with Gasteiger partial charge >= 0.3 is 0 Å². The van der Waals surface area contributed by atoms with Crippen molar-refractivity contribution in [2.75, 3.05) is 11.1 Å². The molecule has 1 heterocycles. The number of hydrogen-bond donors (Lipinski definition) is 1. The highest BCUT2D eigenvalue weighted by Crippen LogP contribution is 2.24. The summed E-state index contributed by atoms with van der Waals surface area (Å²) in [5.41, 5.74) is 0.0555. The molecular weight excluding hydrogens is 270 g/mol. The fraction of sp³-hybridized carbons (Fsp3) is 0.182. The van der Waals surface area contributed by atoms with Gasteiger partial charge in [-0.1, -0.05) is 6.08 Å². The third-order valence-electron chi connectivity index (χ3n) is 2.60. The summed E-state index contributed by atoms with van der Waals surface area (Å²) in [5.74, 6) is -0.0825. The van der Waals surface area contributed by atoms with E-state index in [9.17, 15) is 18.5 Å². The minimum absolute atomic E-state index is 0.0369. The van der Waals surface area contributed by atoms with Gasteiger partial charge in [0.1, 0.15) is 11.6 Å². The third-order valence-corrected chi connectivity index (χ3v) is 3.99. The lowest BCUT2D eigenvalue weighted by atomic mass is 10.1. The Morgan fingerprint density at radius 3 is 2.74 bits per heavy atom. The van der Waals surface area contributed by atoms with E-state index in [2.05, 4.69) is 5.32 Å². The van der Waals surface area contributed by atoms with Crippen LogP contribution in [0.1, 0.15) is 5.56 Å². The molecule has 19 heavy (non-hydrogen) atoms. The smallest absolute Gasteiger partial charge is 0.289 e. The molecule has 98 valence electrons. The molecule has 0 fully saturated rings. The molecular formula is C11H9N3O4S. The first-order chi connectivity index (χ1) is 8.91. The highest BCUT2D eigenvalue weighted by Gasteiger charge is 2.22. The molecule has 0 saturated carbocycles. The Morgan fingerprint density at radius 2 is 2.21 bits per heavy atom. The van der Waals surface area contributed by atoms with E-state index < -0.39 is 20.8 Å². The van der Waals surface area contributed by atoms with Crippen LogP contribution in [0.5, 0.6) is 0 Å². The quantitative estimate of drug-likeness (QED) is 0.656. The van der Waals surface area contributed by atoms with Crippen molar-refractivity contribution < 1.29 is 13.3 Å². The fourth-order valence-corrected chi connectivity index (χ4v) is 2.98. The summed E-state index contributed by atoms with van der Waals surface area (Å²) in [5, 5.41) is 23.5. The molecule has 0 bridgehead atoms. The van der Waals surface area contributed by atoms with Crippen molar-refractivity contribution in [3.05, 3.63) is 45.4 Å². The van der Waals surface area contributed by atoms with Gasteiger partial charge < -0.3 is 5.32 Å². The van der Waals surface area contributed by atoms with E-state index in [1.807, 2.05) is 0 Å². The predicted octanol–water partition coefficient (Wildman–Crippen LogP) is 1.19. The second kappa shape index (κ2) is 4.70. The van der Waals surface area contributed by atoms with Crippen LogP contribution in [0.3, 0.4) is 0 Å². The molecule has 0 spiro atoms. The Morgan fingerprint density at radius 1 is 1.47 bits per heavy atom. The standard InChI is InChI=1S/C11H9N3O4S/c12-6-8-1-2-9(5-11(8)14(15)16)13-10-3-4-19(17,18)7-10/h1-5,10,13H,7H2. The van der Waals surface area contributed by atoms with Gasteiger partial charge in [-0.05, 0) is 12.1 Å². The second-order valence-corrected chi connectivity index (χ2v) is 5.94.